The van der Waals surface area contributed by atoms with E-state index in [9.17, 15) is 0 Å². The van der Waals surface area contributed by atoms with E-state index in [1.54, 1.807) is 11.3 Å². The second-order valence-corrected chi connectivity index (χ2v) is 5.94. The molecule has 1 fully saturated rings. The molecular formula is C11H18N2S2. The summed E-state index contributed by atoms with van der Waals surface area (Å²) in [5.41, 5.74) is 1.26. The van der Waals surface area contributed by atoms with Gasteiger partial charge in [0.05, 0.1) is 10.7 Å². The van der Waals surface area contributed by atoms with Gasteiger partial charge in [0.25, 0.3) is 0 Å². The summed E-state index contributed by atoms with van der Waals surface area (Å²) >= 11 is 3.85. The number of hydrogen-bond acceptors (Lipinski definition) is 4. The molecule has 0 aliphatic carbocycles. The Morgan fingerprint density at radius 2 is 2.53 bits per heavy atom. The van der Waals surface area contributed by atoms with Gasteiger partial charge < -0.3 is 5.32 Å². The zero-order valence-corrected chi connectivity index (χ0v) is 10.8. The van der Waals surface area contributed by atoms with Crippen LogP contribution >= 0.6 is 23.1 Å². The average molecular weight is 242 g/mol. The number of rotatable bonds is 5. The Morgan fingerprint density at radius 3 is 3.20 bits per heavy atom. The van der Waals surface area contributed by atoms with E-state index in [1.165, 1.54) is 28.6 Å². The molecule has 2 heterocycles. The van der Waals surface area contributed by atoms with Gasteiger partial charge in [-0.3, -0.25) is 0 Å². The van der Waals surface area contributed by atoms with Gasteiger partial charge in [0, 0.05) is 30.1 Å². The normalized spacial score (nSPS) is 21.0. The van der Waals surface area contributed by atoms with Crippen LogP contribution in [0.25, 0.3) is 0 Å². The van der Waals surface area contributed by atoms with Gasteiger partial charge in [-0.2, -0.15) is 11.8 Å². The molecule has 1 N–H and O–H groups in total. The second-order valence-electron chi connectivity index (χ2n) is 3.85. The Morgan fingerprint density at radius 1 is 1.60 bits per heavy atom. The van der Waals surface area contributed by atoms with Crippen molar-refractivity contribution in [2.45, 2.75) is 32.2 Å². The number of hydrogen-bond donors (Lipinski definition) is 1. The molecule has 1 saturated heterocycles. The molecule has 0 unspecified atom stereocenters. The zero-order chi connectivity index (χ0) is 10.5. The summed E-state index contributed by atoms with van der Waals surface area (Å²) in [6.07, 6.45) is 3.48. The Balaban J connectivity index is 1.68. The van der Waals surface area contributed by atoms with Gasteiger partial charge in [-0.05, 0) is 18.6 Å². The van der Waals surface area contributed by atoms with Gasteiger partial charge >= 0.3 is 0 Å². The minimum Gasteiger partial charge on any atom is -0.313 e. The zero-order valence-electron chi connectivity index (χ0n) is 9.16. The number of nitrogens with zero attached hydrogens (tertiary/aromatic N) is 1. The molecule has 0 bridgehead atoms. The summed E-state index contributed by atoms with van der Waals surface area (Å²) in [5, 5.41) is 7.06. The highest BCUT2D eigenvalue weighted by atomic mass is 32.2. The Labute approximate surface area is 99.9 Å². The molecular weight excluding hydrogens is 224 g/mol. The van der Waals surface area contributed by atoms with Crippen molar-refractivity contribution >= 4 is 23.1 Å². The molecule has 1 aromatic rings. The SMILES string of the molecule is CCc1nc(CCN[C@@H]2CCSC2)cs1. The molecule has 1 aromatic heterocycles. The Hall–Kier alpha value is -0.0600. The van der Waals surface area contributed by atoms with E-state index in [4.69, 9.17) is 0 Å². The molecule has 1 aliphatic rings. The van der Waals surface area contributed by atoms with Crippen LogP contribution in [-0.4, -0.2) is 29.1 Å². The van der Waals surface area contributed by atoms with Gasteiger partial charge in [-0.25, -0.2) is 4.98 Å². The number of thioether (sulfide) groups is 1. The van der Waals surface area contributed by atoms with Crippen LogP contribution < -0.4 is 5.32 Å². The maximum atomic E-state index is 4.57. The van der Waals surface area contributed by atoms with Gasteiger partial charge in [-0.1, -0.05) is 6.92 Å². The van der Waals surface area contributed by atoms with E-state index in [1.807, 2.05) is 0 Å². The molecule has 0 aromatic carbocycles. The molecule has 0 spiro atoms. The summed E-state index contributed by atoms with van der Waals surface area (Å²) in [6.45, 7) is 3.24. The van der Waals surface area contributed by atoms with E-state index < -0.39 is 0 Å². The predicted octanol–water partition coefficient (Wildman–Crippen LogP) is 2.34. The van der Waals surface area contributed by atoms with Crippen molar-refractivity contribution in [2.24, 2.45) is 0 Å². The van der Waals surface area contributed by atoms with Crippen LogP contribution in [0.2, 0.25) is 0 Å². The summed E-state index contributed by atoms with van der Waals surface area (Å²) in [5.74, 6) is 2.62. The lowest BCUT2D eigenvalue weighted by Gasteiger charge is -2.09. The summed E-state index contributed by atoms with van der Waals surface area (Å²) in [6, 6.07) is 0.749. The fourth-order valence-electron chi connectivity index (χ4n) is 1.73. The van der Waals surface area contributed by atoms with Crippen molar-refractivity contribution in [3.63, 3.8) is 0 Å². The van der Waals surface area contributed by atoms with E-state index >= 15 is 0 Å². The van der Waals surface area contributed by atoms with Gasteiger partial charge in [0.15, 0.2) is 0 Å². The Bertz CT molecular complexity index is 293. The van der Waals surface area contributed by atoms with Crippen molar-refractivity contribution in [3.05, 3.63) is 16.1 Å². The summed E-state index contributed by atoms with van der Waals surface area (Å²) in [4.78, 5) is 4.57. The molecule has 0 amide bonds. The maximum Gasteiger partial charge on any atom is 0.0925 e. The standard InChI is InChI=1S/C11H18N2S2/c1-2-11-13-10(8-15-11)3-5-12-9-4-6-14-7-9/h8-9,12H,2-7H2,1H3/t9-/m1/s1. The minimum atomic E-state index is 0.749. The molecule has 1 atom stereocenters. The predicted molar refractivity (Wildman–Crippen MR) is 68.9 cm³/mol. The molecule has 2 rings (SSSR count). The minimum absolute atomic E-state index is 0.749. The first kappa shape index (κ1) is 11.4. The van der Waals surface area contributed by atoms with Crippen LogP contribution in [0.15, 0.2) is 5.38 Å². The van der Waals surface area contributed by atoms with Crippen molar-refractivity contribution in [1.82, 2.24) is 10.3 Å². The van der Waals surface area contributed by atoms with Crippen molar-refractivity contribution in [3.8, 4) is 0 Å². The third-order valence-corrected chi connectivity index (χ3v) is 4.85. The highest BCUT2D eigenvalue weighted by Crippen LogP contribution is 2.17. The lowest BCUT2D eigenvalue weighted by Crippen LogP contribution is -2.30. The third-order valence-electron chi connectivity index (χ3n) is 2.65. The molecule has 0 radical (unpaired) electrons. The Kier molecular flexibility index (Phi) is 4.47. The third kappa shape index (κ3) is 3.47. The quantitative estimate of drug-likeness (QED) is 0.858. The van der Waals surface area contributed by atoms with E-state index in [-0.39, 0.29) is 0 Å². The monoisotopic (exact) mass is 242 g/mol. The topological polar surface area (TPSA) is 24.9 Å². The van der Waals surface area contributed by atoms with Gasteiger partial charge in [0.2, 0.25) is 0 Å². The molecule has 0 saturated carbocycles. The van der Waals surface area contributed by atoms with Crippen LogP contribution in [0.4, 0.5) is 0 Å². The van der Waals surface area contributed by atoms with Crippen LogP contribution in [0.3, 0.4) is 0 Å². The number of aryl methyl sites for hydroxylation is 1. The lowest BCUT2D eigenvalue weighted by atomic mass is 10.2. The first-order valence-electron chi connectivity index (χ1n) is 5.63. The lowest BCUT2D eigenvalue weighted by molar-refractivity contribution is 0.558. The molecule has 84 valence electrons. The summed E-state index contributed by atoms with van der Waals surface area (Å²) in [7, 11) is 0. The fourth-order valence-corrected chi connectivity index (χ4v) is 3.69. The van der Waals surface area contributed by atoms with Crippen molar-refractivity contribution < 1.29 is 0 Å². The van der Waals surface area contributed by atoms with Crippen LogP contribution in [0.1, 0.15) is 24.0 Å². The van der Waals surface area contributed by atoms with Gasteiger partial charge in [0.1, 0.15) is 0 Å². The van der Waals surface area contributed by atoms with Crippen LogP contribution in [0.5, 0.6) is 0 Å². The largest absolute Gasteiger partial charge is 0.313 e. The van der Waals surface area contributed by atoms with Crippen LogP contribution in [0, 0.1) is 0 Å². The number of thiazole rings is 1. The molecule has 15 heavy (non-hydrogen) atoms. The highest BCUT2D eigenvalue weighted by Gasteiger charge is 2.14. The van der Waals surface area contributed by atoms with E-state index in [0.717, 1.165) is 25.4 Å². The van der Waals surface area contributed by atoms with Crippen molar-refractivity contribution in [2.75, 3.05) is 18.1 Å². The average Bonchev–Trinajstić information content (AvgIpc) is 2.88. The van der Waals surface area contributed by atoms with E-state index in [0.29, 0.717) is 0 Å². The van der Waals surface area contributed by atoms with Crippen molar-refractivity contribution in [1.29, 1.82) is 0 Å². The fraction of sp³-hybridized carbons (Fsp3) is 0.727. The summed E-state index contributed by atoms with van der Waals surface area (Å²) < 4.78 is 0. The first-order chi connectivity index (χ1) is 7.38. The molecule has 2 nitrogen and oxygen atoms in total. The molecule has 1 aliphatic heterocycles. The van der Waals surface area contributed by atoms with Gasteiger partial charge in [-0.15, -0.1) is 11.3 Å². The van der Waals surface area contributed by atoms with Crippen LogP contribution in [-0.2, 0) is 12.8 Å². The number of aromatic nitrogens is 1. The second kappa shape index (κ2) is 5.87. The maximum absolute atomic E-state index is 4.57. The highest BCUT2D eigenvalue weighted by molar-refractivity contribution is 7.99. The van der Waals surface area contributed by atoms with E-state index in [2.05, 4.69) is 34.4 Å². The molecule has 4 heteroatoms. The first-order valence-corrected chi connectivity index (χ1v) is 7.66. The number of nitrogens with one attached hydrogen (secondary N) is 1. The smallest absolute Gasteiger partial charge is 0.0925 e.